The molecule has 1 atom stereocenters. The maximum absolute atomic E-state index is 12.6. The minimum Gasteiger partial charge on any atom is -0.508 e. The fourth-order valence-corrected chi connectivity index (χ4v) is 3.66. The second kappa shape index (κ2) is 8.25. The average molecular weight is 390 g/mol. The Morgan fingerprint density at radius 3 is 2.67 bits per heavy atom. The Kier molecular flexibility index (Phi) is 5.99. The largest absolute Gasteiger partial charge is 0.508 e. The first-order chi connectivity index (χ1) is 12.9. The van der Waals surface area contributed by atoms with E-state index in [0.717, 1.165) is 18.4 Å². The van der Waals surface area contributed by atoms with Gasteiger partial charge in [-0.3, -0.25) is 9.78 Å². The fraction of sp³-hybridized carbons (Fsp3) is 0.400. The van der Waals surface area contributed by atoms with Crippen LogP contribution in [-0.2, 0) is 6.61 Å². The van der Waals surface area contributed by atoms with Crippen molar-refractivity contribution in [3.05, 3.63) is 57.9 Å². The smallest absolute Gasteiger partial charge is 0.255 e. The first-order valence-corrected chi connectivity index (χ1v) is 9.38. The van der Waals surface area contributed by atoms with Crippen LogP contribution in [0.2, 0.25) is 5.02 Å². The van der Waals surface area contributed by atoms with E-state index >= 15 is 0 Å². The molecule has 1 saturated heterocycles. The summed E-state index contributed by atoms with van der Waals surface area (Å²) in [4.78, 5) is 18.5. The van der Waals surface area contributed by atoms with Crippen LogP contribution in [0.15, 0.2) is 30.5 Å². The lowest BCUT2D eigenvalue weighted by atomic mass is 9.85. The molecular formula is C20H24ClN3O3. The number of aromatic hydroxyl groups is 1. The molecule has 2 heterocycles. The summed E-state index contributed by atoms with van der Waals surface area (Å²) in [7, 11) is 0. The van der Waals surface area contributed by atoms with Gasteiger partial charge in [0.15, 0.2) is 0 Å². The topological polar surface area (TPSA) is 99.7 Å². The molecule has 6 nitrogen and oxygen atoms in total. The number of benzene rings is 1. The molecule has 7 heteroatoms. The number of hydrogen-bond donors (Lipinski definition) is 3. The zero-order valence-corrected chi connectivity index (χ0v) is 16.0. The molecule has 0 spiro atoms. The van der Waals surface area contributed by atoms with Gasteiger partial charge in [0.2, 0.25) is 0 Å². The predicted molar refractivity (Wildman–Crippen MR) is 104 cm³/mol. The molecule has 0 saturated carbocycles. The molecule has 1 aliphatic rings. The van der Waals surface area contributed by atoms with Gasteiger partial charge in [0.05, 0.1) is 17.9 Å². The van der Waals surface area contributed by atoms with Crippen molar-refractivity contribution in [3.63, 3.8) is 0 Å². The number of nitrogens with two attached hydrogens (primary N) is 1. The monoisotopic (exact) mass is 389 g/mol. The minimum atomic E-state index is -0.328. The van der Waals surface area contributed by atoms with E-state index in [1.807, 2.05) is 6.92 Å². The number of phenolic OH excluding ortho intramolecular Hbond substituents is 1. The summed E-state index contributed by atoms with van der Waals surface area (Å²) in [5.41, 5.74) is 8.91. The van der Waals surface area contributed by atoms with E-state index in [9.17, 15) is 9.90 Å². The molecule has 1 aliphatic heterocycles. The number of piperidine rings is 1. The summed E-state index contributed by atoms with van der Waals surface area (Å²) < 4.78 is 0. The van der Waals surface area contributed by atoms with Crippen LogP contribution in [0, 0.1) is 12.8 Å². The van der Waals surface area contributed by atoms with Crippen molar-refractivity contribution in [2.45, 2.75) is 32.4 Å². The number of pyridine rings is 1. The molecule has 1 fully saturated rings. The second-order valence-electron chi connectivity index (χ2n) is 7.01. The molecule has 0 aliphatic carbocycles. The van der Waals surface area contributed by atoms with E-state index in [0.29, 0.717) is 34.9 Å². The number of hydrogen-bond acceptors (Lipinski definition) is 5. The number of rotatable bonds is 4. The van der Waals surface area contributed by atoms with Gasteiger partial charge in [-0.2, -0.15) is 0 Å². The van der Waals surface area contributed by atoms with Crippen molar-refractivity contribution in [2.24, 2.45) is 11.7 Å². The van der Waals surface area contributed by atoms with Crippen LogP contribution < -0.4 is 5.73 Å². The van der Waals surface area contributed by atoms with E-state index in [1.54, 1.807) is 29.2 Å². The van der Waals surface area contributed by atoms with Gasteiger partial charge in [0.1, 0.15) is 5.75 Å². The highest BCUT2D eigenvalue weighted by Gasteiger charge is 2.29. The maximum Gasteiger partial charge on any atom is 0.255 e. The number of phenols is 1. The quantitative estimate of drug-likeness (QED) is 0.746. The minimum absolute atomic E-state index is 0.0692. The molecule has 0 radical (unpaired) electrons. The summed E-state index contributed by atoms with van der Waals surface area (Å²) >= 11 is 6.18. The number of halogens is 1. The highest BCUT2D eigenvalue weighted by Crippen LogP contribution is 2.36. The molecule has 27 heavy (non-hydrogen) atoms. The van der Waals surface area contributed by atoms with Crippen LogP contribution in [-0.4, -0.2) is 39.1 Å². The number of nitrogens with zero attached hydrogens (tertiary/aromatic N) is 2. The van der Waals surface area contributed by atoms with Crippen LogP contribution >= 0.6 is 11.6 Å². The van der Waals surface area contributed by atoms with Crippen molar-refractivity contribution in [1.29, 1.82) is 0 Å². The van der Waals surface area contributed by atoms with Crippen molar-refractivity contribution < 1.29 is 15.0 Å². The summed E-state index contributed by atoms with van der Waals surface area (Å²) in [6.45, 7) is 2.88. The maximum atomic E-state index is 12.6. The van der Waals surface area contributed by atoms with Gasteiger partial charge in [-0.1, -0.05) is 11.6 Å². The Labute approximate surface area is 163 Å². The third kappa shape index (κ3) is 4.24. The van der Waals surface area contributed by atoms with E-state index < -0.39 is 0 Å². The van der Waals surface area contributed by atoms with Crippen LogP contribution in [0.4, 0.5) is 0 Å². The van der Waals surface area contributed by atoms with Crippen molar-refractivity contribution in [3.8, 4) is 5.75 Å². The van der Waals surface area contributed by atoms with Gasteiger partial charge < -0.3 is 20.8 Å². The molecule has 1 amide bonds. The summed E-state index contributed by atoms with van der Waals surface area (Å²) in [6.07, 6.45) is 3.00. The molecule has 1 aromatic heterocycles. The Morgan fingerprint density at radius 1 is 1.37 bits per heavy atom. The van der Waals surface area contributed by atoms with Gasteiger partial charge in [-0.05, 0) is 55.5 Å². The number of carbonyl (C=O) groups is 1. The summed E-state index contributed by atoms with van der Waals surface area (Å²) in [6, 6.07) is 6.39. The SMILES string of the molecule is Cc1cc(O)c([C@H](N)C2CCN(C(=O)c3ccc(CO)nc3)CC2)cc1Cl. The number of carbonyl (C=O) groups excluding carboxylic acids is 1. The second-order valence-corrected chi connectivity index (χ2v) is 7.42. The third-order valence-corrected chi connectivity index (χ3v) is 5.64. The van der Waals surface area contributed by atoms with Gasteiger partial charge in [-0.15, -0.1) is 0 Å². The zero-order valence-electron chi connectivity index (χ0n) is 15.2. The molecule has 3 rings (SSSR count). The number of likely N-dealkylation sites (tertiary alicyclic amines) is 1. The number of aliphatic hydroxyl groups excluding tert-OH is 1. The van der Waals surface area contributed by atoms with Gasteiger partial charge in [0, 0.05) is 35.9 Å². The van der Waals surface area contributed by atoms with Crippen LogP contribution in [0.5, 0.6) is 5.75 Å². The molecule has 1 aromatic carbocycles. The summed E-state index contributed by atoms with van der Waals surface area (Å²) in [5, 5.41) is 19.9. The van der Waals surface area contributed by atoms with Crippen molar-refractivity contribution >= 4 is 17.5 Å². The Morgan fingerprint density at radius 2 is 2.07 bits per heavy atom. The van der Waals surface area contributed by atoms with Crippen LogP contribution in [0.1, 0.15) is 46.1 Å². The first-order valence-electron chi connectivity index (χ1n) is 9.00. The first kappa shape index (κ1) is 19.6. The Hall–Kier alpha value is -2.15. The average Bonchev–Trinajstić information content (AvgIpc) is 2.70. The van der Waals surface area contributed by atoms with Crippen LogP contribution in [0.3, 0.4) is 0 Å². The van der Waals surface area contributed by atoms with E-state index in [2.05, 4.69) is 4.98 Å². The zero-order chi connectivity index (χ0) is 19.6. The Balaban J connectivity index is 1.64. The van der Waals surface area contributed by atoms with E-state index in [-0.39, 0.29) is 30.2 Å². The number of aromatic nitrogens is 1. The molecule has 2 aromatic rings. The normalized spacial score (nSPS) is 16.4. The Bertz CT molecular complexity index is 818. The van der Waals surface area contributed by atoms with Gasteiger partial charge in [-0.25, -0.2) is 0 Å². The highest BCUT2D eigenvalue weighted by atomic mass is 35.5. The molecule has 144 valence electrons. The van der Waals surface area contributed by atoms with E-state index in [1.165, 1.54) is 6.20 Å². The predicted octanol–water partition coefficient (Wildman–Crippen LogP) is 2.79. The molecular weight excluding hydrogens is 366 g/mol. The fourth-order valence-electron chi connectivity index (χ4n) is 3.49. The lowest BCUT2D eigenvalue weighted by Gasteiger charge is -2.35. The number of amides is 1. The van der Waals surface area contributed by atoms with Gasteiger partial charge >= 0.3 is 0 Å². The number of aryl methyl sites for hydroxylation is 1. The molecule has 4 N–H and O–H groups in total. The molecule has 0 bridgehead atoms. The molecule has 0 unspecified atom stereocenters. The highest BCUT2D eigenvalue weighted by molar-refractivity contribution is 6.31. The lowest BCUT2D eigenvalue weighted by molar-refractivity contribution is 0.0677. The van der Waals surface area contributed by atoms with Crippen molar-refractivity contribution in [1.82, 2.24) is 9.88 Å². The van der Waals surface area contributed by atoms with E-state index in [4.69, 9.17) is 22.4 Å². The van der Waals surface area contributed by atoms with Gasteiger partial charge in [0.25, 0.3) is 5.91 Å². The lowest BCUT2D eigenvalue weighted by Crippen LogP contribution is -2.41. The summed E-state index contributed by atoms with van der Waals surface area (Å²) in [5.74, 6) is 0.256. The number of aliphatic hydroxyl groups is 1. The van der Waals surface area contributed by atoms with Crippen molar-refractivity contribution in [2.75, 3.05) is 13.1 Å². The van der Waals surface area contributed by atoms with Crippen LogP contribution in [0.25, 0.3) is 0 Å². The standard InChI is InChI=1S/C20H24ClN3O3/c1-12-8-18(26)16(9-17(12)21)19(22)13-4-6-24(7-5-13)20(27)14-2-3-15(11-25)23-10-14/h2-3,8-10,13,19,25-26H,4-7,11,22H2,1H3/t19-/m1/s1. The third-order valence-electron chi connectivity index (χ3n) is 5.24.